The van der Waals surface area contributed by atoms with Gasteiger partial charge in [0.25, 0.3) is 0 Å². The van der Waals surface area contributed by atoms with Gasteiger partial charge in [-0.25, -0.2) is 0 Å². The largest absolute Gasteiger partial charge is 0.494 e. The van der Waals surface area contributed by atoms with Crippen molar-refractivity contribution in [3.05, 3.63) is 28.8 Å². The molecular formula is C16H24ClNO. The van der Waals surface area contributed by atoms with E-state index in [4.69, 9.17) is 16.3 Å². The van der Waals surface area contributed by atoms with Crippen LogP contribution < -0.4 is 10.1 Å². The first-order valence-corrected chi connectivity index (χ1v) is 7.74. The van der Waals surface area contributed by atoms with Gasteiger partial charge >= 0.3 is 0 Å². The average Bonchev–Trinajstić information content (AvgIpc) is 2.32. The minimum atomic E-state index is 0.279. The number of benzene rings is 1. The van der Waals surface area contributed by atoms with Crippen LogP contribution in [0, 0.1) is 5.92 Å². The molecule has 1 saturated carbocycles. The summed E-state index contributed by atoms with van der Waals surface area (Å²) in [5, 5.41) is 4.16. The van der Waals surface area contributed by atoms with Crippen molar-refractivity contribution in [2.75, 3.05) is 13.2 Å². The molecule has 0 heterocycles. The van der Waals surface area contributed by atoms with Crippen LogP contribution in [0.3, 0.4) is 0 Å². The minimum absolute atomic E-state index is 0.279. The maximum absolute atomic E-state index is 6.32. The maximum atomic E-state index is 6.32. The minimum Gasteiger partial charge on any atom is -0.494 e. The molecule has 1 unspecified atom stereocenters. The van der Waals surface area contributed by atoms with E-state index in [1.165, 1.54) is 25.7 Å². The van der Waals surface area contributed by atoms with E-state index in [1.807, 2.05) is 12.1 Å². The van der Waals surface area contributed by atoms with Crippen LogP contribution in [0.25, 0.3) is 0 Å². The van der Waals surface area contributed by atoms with Gasteiger partial charge in [0.05, 0.1) is 6.61 Å². The molecule has 1 aromatic carbocycles. The van der Waals surface area contributed by atoms with Crippen LogP contribution in [-0.2, 0) is 0 Å². The zero-order valence-corrected chi connectivity index (χ0v) is 12.7. The quantitative estimate of drug-likeness (QED) is 0.790. The van der Waals surface area contributed by atoms with Crippen molar-refractivity contribution in [2.24, 2.45) is 5.92 Å². The Morgan fingerprint density at radius 1 is 1.42 bits per heavy atom. The highest BCUT2D eigenvalue weighted by molar-refractivity contribution is 6.31. The van der Waals surface area contributed by atoms with Gasteiger partial charge in [0.1, 0.15) is 5.75 Å². The van der Waals surface area contributed by atoms with E-state index in [0.717, 1.165) is 35.4 Å². The topological polar surface area (TPSA) is 21.3 Å². The van der Waals surface area contributed by atoms with Crippen LogP contribution in [0.2, 0.25) is 5.02 Å². The number of hydrogen-bond acceptors (Lipinski definition) is 2. The monoisotopic (exact) mass is 281 g/mol. The smallest absolute Gasteiger partial charge is 0.120 e. The molecule has 0 aromatic heterocycles. The summed E-state index contributed by atoms with van der Waals surface area (Å²) in [5.74, 6) is 1.78. The second-order valence-electron chi connectivity index (χ2n) is 5.40. The molecule has 0 saturated heterocycles. The summed E-state index contributed by atoms with van der Waals surface area (Å²) in [4.78, 5) is 0. The summed E-state index contributed by atoms with van der Waals surface area (Å²) in [6.45, 7) is 5.98. The van der Waals surface area contributed by atoms with Gasteiger partial charge in [0.2, 0.25) is 0 Å². The molecule has 0 radical (unpaired) electrons. The zero-order valence-electron chi connectivity index (χ0n) is 11.9. The molecule has 1 aliphatic rings. The third-order valence-corrected chi connectivity index (χ3v) is 4.30. The molecule has 106 valence electrons. The van der Waals surface area contributed by atoms with Crippen molar-refractivity contribution in [3.63, 3.8) is 0 Å². The maximum Gasteiger partial charge on any atom is 0.120 e. The molecular weight excluding hydrogens is 258 g/mol. The number of rotatable bonds is 7. The van der Waals surface area contributed by atoms with E-state index in [-0.39, 0.29) is 6.04 Å². The highest BCUT2D eigenvalue weighted by atomic mass is 35.5. The molecule has 1 aromatic rings. The van der Waals surface area contributed by atoms with Gasteiger partial charge in [0, 0.05) is 11.1 Å². The summed E-state index contributed by atoms with van der Waals surface area (Å²) in [7, 11) is 0. The van der Waals surface area contributed by atoms with E-state index >= 15 is 0 Å². The van der Waals surface area contributed by atoms with Gasteiger partial charge in [-0.15, -0.1) is 0 Å². The predicted molar refractivity (Wildman–Crippen MR) is 81.0 cm³/mol. The Morgan fingerprint density at radius 3 is 2.79 bits per heavy atom. The summed E-state index contributed by atoms with van der Waals surface area (Å²) in [6, 6.07) is 6.30. The van der Waals surface area contributed by atoms with Crippen molar-refractivity contribution in [3.8, 4) is 5.75 Å². The third kappa shape index (κ3) is 4.12. The Labute approximate surface area is 121 Å². The first-order valence-electron chi connectivity index (χ1n) is 7.36. The summed E-state index contributed by atoms with van der Waals surface area (Å²) < 4.78 is 5.78. The van der Waals surface area contributed by atoms with Gasteiger partial charge in [-0.1, -0.05) is 43.9 Å². The lowest BCUT2D eigenvalue weighted by molar-refractivity contribution is 0.222. The van der Waals surface area contributed by atoms with Crippen molar-refractivity contribution in [2.45, 2.75) is 45.6 Å². The Kier molecular flexibility index (Phi) is 5.53. The van der Waals surface area contributed by atoms with E-state index in [9.17, 15) is 0 Å². The number of nitrogens with one attached hydrogen (secondary N) is 1. The molecule has 1 fully saturated rings. The van der Waals surface area contributed by atoms with E-state index in [0.29, 0.717) is 0 Å². The van der Waals surface area contributed by atoms with E-state index < -0.39 is 0 Å². The molecule has 0 amide bonds. The fourth-order valence-corrected chi connectivity index (χ4v) is 2.82. The van der Waals surface area contributed by atoms with E-state index in [1.54, 1.807) is 0 Å². The molecule has 0 aliphatic heterocycles. The van der Waals surface area contributed by atoms with Gasteiger partial charge < -0.3 is 10.1 Å². The van der Waals surface area contributed by atoms with Crippen LogP contribution in [-0.4, -0.2) is 13.2 Å². The van der Waals surface area contributed by atoms with Crippen molar-refractivity contribution >= 4 is 11.6 Å². The normalized spacial score (nSPS) is 17.0. The van der Waals surface area contributed by atoms with Gasteiger partial charge in [-0.05, 0) is 43.5 Å². The number of hydrogen-bond donors (Lipinski definition) is 1. The Balaban J connectivity index is 1.86. The molecule has 3 heteroatoms. The lowest BCUT2D eigenvalue weighted by atomic mass is 9.83. The highest BCUT2D eigenvalue weighted by Crippen LogP contribution is 2.30. The van der Waals surface area contributed by atoms with Crippen LogP contribution in [0.15, 0.2) is 18.2 Å². The summed E-state index contributed by atoms with van der Waals surface area (Å²) in [5.41, 5.74) is 1.13. The SMILES string of the molecule is CCNC(C)c1ccc(OCCC2CCC2)cc1Cl. The molecule has 2 rings (SSSR count). The molecule has 19 heavy (non-hydrogen) atoms. The molecule has 1 atom stereocenters. The van der Waals surface area contributed by atoms with Gasteiger partial charge in [0.15, 0.2) is 0 Å². The first-order chi connectivity index (χ1) is 9.20. The van der Waals surface area contributed by atoms with Crippen LogP contribution in [0.1, 0.15) is 51.1 Å². The standard InChI is InChI=1S/C16H24ClNO/c1-3-18-12(2)15-8-7-14(11-16(15)17)19-10-9-13-5-4-6-13/h7-8,11-13,18H,3-6,9-10H2,1-2H3. The number of ether oxygens (including phenoxy) is 1. The molecule has 0 bridgehead atoms. The van der Waals surface area contributed by atoms with Crippen molar-refractivity contribution in [1.29, 1.82) is 0 Å². The lowest BCUT2D eigenvalue weighted by Gasteiger charge is -2.25. The Morgan fingerprint density at radius 2 is 2.21 bits per heavy atom. The molecule has 0 spiro atoms. The summed E-state index contributed by atoms with van der Waals surface area (Å²) in [6.07, 6.45) is 5.33. The van der Waals surface area contributed by atoms with Crippen molar-refractivity contribution < 1.29 is 4.74 Å². The first kappa shape index (κ1) is 14.7. The van der Waals surface area contributed by atoms with Gasteiger partial charge in [-0.3, -0.25) is 0 Å². The summed E-state index contributed by atoms with van der Waals surface area (Å²) >= 11 is 6.32. The Bertz CT molecular complexity index is 404. The van der Waals surface area contributed by atoms with Crippen LogP contribution >= 0.6 is 11.6 Å². The second-order valence-corrected chi connectivity index (χ2v) is 5.80. The highest BCUT2D eigenvalue weighted by Gasteiger charge is 2.17. The number of halogens is 1. The molecule has 1 N–H and O–H groups in total. The molecule has 2 nitrogen and oxygen atoms in total. The van der Waals surface area contributed by atoms with E-state index in [2.05, 4.69) is 25.2 Å². The fourth-order valence-electron chi connectivity index (χ4n) is 2.49. The Hall–Kier alpha value is -0.730. The second kappa shape index (κ2) is 7.16. The fraction of sp³-hybridized carbons (Fsp3) is 0.625. The van der Waals surface area contributed by atoms with Crippen LogP contribution in [0.4, 0.5) is 0 Å². The zero-order chi connectivity index (χ0) is 13.7. The van der Waals surface area contributed by atoms with Crippen LogP contribution in [0.5, 0.6) is 5.75 Å². The predicted octanol–water partition coefficient (Wildman–Crippen LogP) is 4.58. The molecule has 1 aliphatic carbocycles. The third-order valence-electron chi connectivity index (χ3n) is 3.97. The van der Waals surface area contributed by atoms with Gasteiger partial charge in [-0.2, -0.15) is 0 Å². The lowest BCUT2D eigenvalue weighted by Crippen LogP contribution is -2.18. The van der Waals surface area contributed by atoms with Crippen molar-refractivity contribution in [1.82, 2.24) is 5.32 Å². The average molecular weight is 282 g/mol.